The summed E-state index contributed by atoms with van der Waals surface area (Å²) in [6.45, 7) is 25.3. The van der Waals surface area contributed by atoms with E-state index < -0.39 is 107 Å². The van der Waals surface area contributed by atoms with Crippen LogP contribution in [0.4, 0.5) is 10.5 Å². The lowest BCUT2D eigenvalue weighted by Gasteiger charge is -2.57. The number of epoxide rings is 1. The molecule has 7 N–H and O–H groups in total. The number of methoxy groups -OCH3 is 1. The van der Waals surface area contributed by atoms with Crippen LogP contribution in [0.3, 0.4) is 0 Å². The number of rotatable bonds is 29. The minimum absolute atomic E-state index is 0.0838. The molecule has 2 bridgehead atoms. The van der Waals surface area contributed by atoms with Crippen LogP contribution >= 0.6 is 0 Å². The van der Waals surface area contributed by atoms with E-state index in [-0.39, 0.29) is 67.3 Å². The van der Waals surface area contributed by atoms with Gasteiger partial charge in [0.2, 0.25) is 23.6 Å². The summed E-state index contributed by atoms with van der Waals surface area (Å²) in [6.07, 6.45) is 13.6. The van der Waals surface area contributed by atoms with Crippen LogP contribution in [0.15, 0.2) is 72.4 Å². The number of imide groups is 1. The Hall–Kier alpha value is -7.73. The molecular weight excluding hydrogens is 1160 g/mol. The van der Waals surface area contributed by atoms with Crippen LogP contribution < -0.4 is 32.3 Å². The molecule has 3 heterocycles. The molecule has 3 fully saturated rings. The normalized spacial score (nSPS) is 24.2. The van der Waals surface area contributed by atoms with Gasteiger partial charge in [0.25, 0.3) is 11.8 Å². The van der Waals surface area contributed by atoms with Crippen LogP contribution in [0.1, 0.15) is 159 Å². The Morgan fingerprint density at radius 1 is 0.800 bits per heavy atom. The van der Waals surface area contributed by atoms with Gasteiger partial charge >= 0.3 is 29.9 Å². The van der Waals surface area contributed by atoms with E-state index in [4.69, 9.17) is 34.2 Å². The third-order valence-electron chi connectivity index (χ3n) is 17.7. The lowest BCUT2D eigenvalue weighted by molar-refractivity contribution is -0.209. The molecule has 90 heavy (non-hydrogen) atoms. The average molecular weight is 1260 g/mol. The van der Waals surface area contributed by atoms with Gasteiger partial charge in [-0.15, -0.1) is 0 Å². The Morgan fingerprint density at radius 3 is 2.01 bits per heavy atom. The molecule has 0 radical (unpaired) electrons. The van der Waals surface area contributed by atoms with E-state index in [1.54, 1.807) is 52.0 Å². The number of primary amides is 1. The van der Waals surface area contributed by atoms with Crippen molar-refractivity contribution in [1.29, 1.82) is 0 Å². The summed E-state index contributed by atoms with van der Waals surface area (Å²) in [7, 11) is 1.18. The van der Waals surface area contributed by atoms with Gasteiger partial charge in [-0.3, -0.25) is 38.5 Å². The molecule has 8 amide bonds. The lowest BCUT2D eigenvalue weighted by Crippen LogP contribution is -2.63. The Morgan fingerprint density at radius 2 is 1.43 bits per heavy atom. The molecule has 0 aromatic heterocycles. The predicted octanol–water partition coefficient (Wildman–Crippen LogP) is 6.67. The highest BCUT2D eigenvalue weighted by Crippen LogP contribution is 2.71. The van der Waals surface area contributed by atoms with Gasteiger partial charge in [-0.05, 0) is 88.8 Å². The molecule has 2 saturated heterocycles. The number of nitrogens with two attached hydrogens (primary N) is 1. The van der Waals surface area contributed by atoms with Gasteiger partial charge in [0.1, 0.15) is 35.9 Å². The van der Waals surface area contributed by atoms with Gasteiger partial charge in [-0.1, -0.05) is 112 Å². The molecule has 5 aliphatic rings. The molecule has 8 unspecified atom stereocenters. The number of urea groups is 1. The monoisotopic (exact) mass is 1260 g/mol. The number of hydrogen-bond acceptors (Lipinski definition) is 17. The zero-order valence-electron chi connectivity index (χ0n) is 54.9. The summed E-state index contributed by atoms with van der Waals surface area (Å²) in [4.78, 5) is 139. The Bertz CT molecular complexity index is 2830. The quantitative estimate of drug-likeness (QED) is 0.00713. The molecule has 13 atom stereocenters. The van der Waals surface area contributed by atoms with Gasteiger partial charge in [-0.25, -0.2) is 19.2 Å². The first-order chi connectivity index (χ1) is 42.5. The molecule has 498 valence electrons. The summed E-state index contributed by atoms with van der Waals surface area (Å²) in [6, 6.07) is 3.03. The van der Waals surface area contributed by atoms with Crippen molar-refractivity contribution in [2.45, 2.75) is 196 Å². The largest absolute Gasteiger partial charge is 0.467 e. The second-order valence-corrected chi connectivity index (χ2v) is 24.2. The van der Waals surface area contributed by atoms with Crippen molar-refractivity contribution in [3.05, 3.63) is 77.9 Å². The molecule has 24 nitrogen and oxygen atoms in total. The number of unbranched alkanes of at least 4 members (excludes halogenated alkanes) is 2. The number of nitrogens with zero attached hydrogens (tertiary/aromatic N) is 1. The smallest absolute Gasteiger partial charge is 0.331 e. The predicted molar refractivity (Wildman–Crippen MR) is 334 cm³/mol. The maximum atomic E-state index is 13.5. The Balaban J connectivity index is 0.00000179. The van der Waals surface area contributed by atoms with Crippen molar-refractivity contribution in [2.75, 3.05) is 38.7 Å². The fourth-order valence-corrected chi connectivity index (χ4v) is 11.5. The minimum Gasteiger partial charge on any atom is -0.467 e. The molecule has 1 saturated carbocycles. The van der Waals surface area contributed by atoms with Crippen molar-refractivity contribution in [3.63, 3.8) is 0 Å². The Kier molecular flexibility index (Phi) is 28.6. The summed E-state index contributed by atoms with van der Waals surface area (Å²) in [5, 5.41) is 13.3. The van der Waals surface area contributed by atoms with E-state index in [1.165, 1.54) is 63.8 Å². The number of ether oxygens (including phenoxy) is 6. The van der Waals surface area contributed by atoms with E-state index in [9.17, 15) is 52.7 Å². The second kappa shape index (κ2) is 34.5. The number of carbonyl (C=O) groups excluding carboxylic acids is 11. The fraction of sp³-hybridized carbons (Fsp3) is 0.621. The van der Waals surface area contributed by atoms with Crippen LogP contribution in [0, 0.1) is 34.5 Å². The maximum Gasteiger partial charge on any atom is 0.331 e. The summed E-state index contributed by atoms with van der Waals surface area (Å²) in [5.74, 6) is -8.11. The molecule has 1 aromatic carbocycles. The zero-order valence-corrected chi connectivity index (χ0v) is 54.9. The van der Waals surface area contributed by atoms with Gasteiger partial charge < -0.3 is 60.7 Å². The number of carbonyl (C=O) groups is 11. The van der Waals surface area contributed by atoms with Crippen LogP contribution in [-0.4, -0.2) is 146 Å². The second-order valence-electron chi connectivity index (χ2n) is 24.2. The standard InChI is InChI=1S/C60H81N5O16.C4H10N2O.C2H6/c1-34(2)51(63-46(66)17-13-12-16-29-65-47(67)24-25-48(65)68)55(73)61-39(7)54(72)62-42-22-20-41(21-23-42)40(8)79-56(74)38(6)37(5)53(71)64-52(57(75)76-11)36(4)27-30-77-49(69)18-14-15-19-50(70)81-44-32-45-60(33-78-60)59(44,10)58(9)28-26-35(3)31-43(58)80-45;1-2-3-6-4(5)7;1-2/h14-15,18-25,31,34,36-40,43-45,51-52H,12-13,16-17,26-30,32-33H2,1-11H3,(H,61,73)(H,62,72)(H,63,66)(H,64,71);2-3H2,1H3,(H3,5,6,7);1-2H3/b18-14+,19-15-;;/t36-,37?,38?,39+,40?,43-,44?,45?,51?,52?,58+,59?,60+;;/m1../s1. The zero-order chi connectivity index (χ0) is 67.3. The van der Waals surface area contributed by atoms with E-state index in [2.05, 4.69) is 53.4 Å². The first kappa shape index (κ1) is 74.7. The van der Waals surface area contributed by atoms with Crippen LogP contribution in [-0.2, 0) is 76.4 Å². The third-order valence-corrected chi connectivity index (χ3v) is 17.7. The van der Waals surface area contributed by atoms with E-state index in [0.29, 0.717) is 50.1 Å². The van der Waals surface area contributed by atoms with Crippen LogP contribution in [0.5, 0.6) is 0 Å². The number of amides is 8. The van der Waals surface area contributed by atoms with Crippen molar-refractivity contribution >= 4 is 71.0 Å². The summed E-state index contributed by atoms with van der Waals surface area (Å²) in [5.41, 5.74) is 5.79. The van der Waals surface area contributed by atoms with Crippen molar-refractivity contribution in [3.8, 4) is 0 Å². The van der Waals surface area contributed by atoms with E-state index in [1.807, 2.05) is 20.8 Å². The number of anilines is 1. The van der Waals surface area contributed by atoms with Gasteiger partial charge in [0, 0.05) is 72.7 Å². The first-order valence-corrected chi connectivity index (χ1v) is 31.4. The highest BCUT2D eigenvalue weighted by Gasteiger charge is 2.81. The van der Waals surface area contributed by atoms with Gasteiger partial charge in [0.05, 0.1) is 38.4 Å². The average Bonchev–Trinajstić information content (AvgIpc) is 1.49. The fourth-order valence-electron chi connectivity index (χ4n) is 11.5. The SMILES string of the molecule is CC.CCCNC(N)=O.COC(=O)C(NC(=O)C(C)C(C)C(=O)OC(C)c1ccc(NC(=O)[C@H](C)NC(=O)C(NC(=O)CCCCCN2C(=O)C=CC2=O)C(C)C)cc1)[C@H](C)CCOC(=O)/C=C/C=C\C(=O)OC1CC2O[C@@H]3C=C(C)CC[C@]3(C)C1(C)[C@]21CO1. The highest BCUT2D eigenvalue weighted by atomic mass is 16.6. The van der Waals surface area contributed by atoms with Crippen molar-refractivity contribution in [2.24, 2.45) is 40.2 Å². The summed E-state index contributed by atoms with van der Waals surface area (Å²) < 4.78 is 34.8. The van der Waals surface area contributed by atoms with E-state index in [0.717, 1.165) is 30.2 Å². The maximum absolute atomic E-state index is 13.5. The molecule has 1 aromatic rings. The van der Waals surface area contributed by atoms with Crippen LogP contribution in [0.2, 0.25) is 0 Å². The van der Waals surface area contributed by atoms with Crippen molar-refractivity contribution in [1.82, 2.24) is 26.2 Å². The number of hydrogen-bond donors (Lipinski definition) is 6. The van der Waals surface area contributed by atoms with Crippen molar-refractivity contribution < 1.29 is 81.2 Å². The number of fused-ring (bicyclic) bond motifs is 2. The number of esters is 4. The number of allylic oxidation sites excluding steroid dienone is 3. The topological polar surface area (TPSA) is 336 Å². The molecule has 1 spiro atoms. The van der Waals surface area contributed by atoms with Crippen LogP contribution in [0.25, 0.3) is 0 Å². The number of nitrogens with one attached hydrogen (secondary N) is 5. The molecule has 2 aliphatic carbocycles. The molecule has 3 aliphatic heterocycles. The Labute approximate surface area is 529 Å². The van der Waals surface area contributed by atoms with Gasteiger partial charge in [0.15, 0.2) is 0 Å². The molecular formula is C66H97N7O17. The summed E-state index contributed by atoms with van der Waals surface area (Å²) >= 11 is 0. The lowest BCUT2D eigenvalue weighted by atomic mass is 9.52. The third kappa shape index (κ3) is 19.4. The molecule has 24 heteroatoms. The first-order valence-electron chi connectivity index (χ1n) is 31.4. The number of benzene rings is 1. The van der Waals surface area contributed by atoms with E-state index >= 15 is 0 Å². The van der Waals surface area contributed by atoms with Gasteiger partial charge in [-0.2, -0.15) is 0 Å². The highest BCUT2D eigenvalue weighted by molar-refractivity contribution is 6.12. The minimum atomic E-state index is -1.14. The molecule has 6 rings (SSSR count).